The fourth-order valence-corrected chi connectivity index (χ4v) is 3.85. The molecule has 1 atom stereocenters. The van der Waals surface area contributed by atoms with E-state index in [0.29, 0.717) is 27.2 Å². The molecule has 38 heavy (non-hydrogen) atoms. The van der Waals surface area contributed by atoms with Gasteiger partial charge in [-0.05, 0) is 42.0 Å². The summed E-state index contributed by atoms with van der Waals surface area (Å²) in [7, 11) is 0. The van der Waals surface area contributed by atoms with E-state index in [-0.39, 0.29) is 12.2 Å². The average Bonchev–Trinajstić information content (AvgIpc) is 3.33. The summed E-state index contributed by atoms with van der Waals surface area (Å²) in [6.45, 7) is 3.27. The van der Waals surface area contributed by atoms with Gasteiger partial charge in [-0.15, -0.1) is 5.10 Å². The number of anilines is 2. The van der Waals surface area contributed by atoms with Crippen LogP contribution in [0.1, 0.15) is 11.1 Å². The van der Waals surface area contributed by atoms with E-state index in [1.807, 2.05) is 42.5 Å². The lowest BCUT2D eigenvalue weighted by molar-refractivity contribution is -0.123. The number of halogens is 1. The SMILES string of the molecule is C=N/N=C\N(N)c1ccc(Cl)cc1/C=C/C(=O)N[C@@H](Cc1ccccc1)C(=O)Nc1noc2ccccc12. The highest BCUT2D eigenvalue weighted by molar-refractivity contribution is 6.30. The second-order valence-electron chi connectivity index (χ2n) is 8.08. The van der Waals surface area contributed by atoms with E-state index >= 15 is 0 Å². The van der Waals surface area contributed by atoms with Crippen LogP contribution in [0.15, 0.2) is 93.6 Å². The van der Waals surface area contributed by atoms with Gasteiger partial charge in [0.25, 0.3) is 0 Å². The van der Waals surface area contributed by atoms with E-state index in [1.165, 1.54) is 23.5 Å². The van der Waals surface area contributed by atoms with E-state index < -0.39 is 17.9 Å². The molecule has 0 saturated heterocycles. The van der Waals surface area contributed by atoms with Gasteiger partial charge >= 0.3 is 0 Å². The van der Waals surface area contributed by atoms with Gasteiger partial charge in [-0.25, -0.2) is 5.84 Å². The first-order valence-corrected chi connectivity index (χ1v) is 11.8. The average molecular weight is 530 g/mol. The first-order valence-electron chi connectivity index (χ1n) is 11.4. The van der Waals surface area contributed by atoms with Gasteiger partial charge in [-0.2, -0.15) is 5.10 Å². The Labute approximate surface area is 223 Å². The molecule has 0 unspecified atom stereocenters. The third-order valence-corrected chi connectivity index (χ3v) is 5.71. The Balaban J connectivity index is 1.54. The molecule has 0 saturated carbocycles. The lowest BCUT2D eigenvalue weighted by Crippen LogP contribution is -2.44. The predicted molar refractivity (Wildman–Crippen MR) is 150 cm³/mol. The Morgan fingerprint density at radius 2 is 1.89 bits per heavy atom. The third kappa shape index (κ3) is 6.69. The molecule has 11 heteroatoms. The number of rotatable bonds is 10. The van der Waals surface area contributed by atoms with Crippen LogP contribution in [-0.2, 0) is 16.0 Å². The van der Waals surface area contributed by atoms with E-state index in [9.17, 15) is 9.59 Å². The van der Waals surface area contributed by atoms with E-state index in [2.05, 4.69) is 32.7 Å². The molecule has 4 aromatic rings. The highest BCUT2D eigenvalue weighted by Gasteiger charge is 2.23. The Bertz CT molecular complexity index is 1500. The molecular weight excluding hydrogens is 506 g/mol. The van der Waals surface area contributed by atoms with Crippen LogP contribution in [0.3, 0.4) is 0 Å². The number of carbonyl (C=O) groups excluding carboxylic acids is 2. The summed E-state index contributed by atoms with van der Waals surface area (Å²) in [4.78, 5) is 26.2. The number of aromatic nitrogens is 1. The highest BCUT2D eigenvalue weighted by Crippen LogP contribution is 2.24. The minimum Gasteiger partial charge on any atom is -0.354 e. The number of benzene rings is 3. The summed E-state index contributed by atoms with van der Waals surface area (Å²) in [6, 6.07) is 20.6. The Morgan fingerprint density at radius 1 is 1.13 bits per heavy atom. The standard InChI is InChI=1S/C27H24ClN7O3/c1-30-31-17-35(29)23-13-12-20(28)16-19(23)11-14-25(36)32-22(15-18-7-3-2-4-8-18)27(37)33-26-21-9-5-6-10-24(21)38-34-26/h2-14,16-17,22H,1,15,29H2,(H,32,36)(H,33,34,37)/b14-11+,31-17-/t22-/m0/s1. The summed E-state index contributed by atoms with van der Waals surface area (Å²) in [5.74, 6) is 5.33. The molecular formula is C27H24ClN7O3. The molecule has 192 valence electrons. The summed E-state index contributed by atoms with van der Waals surface area (Å²) >= 11 is 6.14. The van der Waals surface area contributed by atoms with Gasteiger partial charge in [-0.1, -0.05) is 59.2 Å². The molecule has 1 aromatic heterocycles. The smallest absolute Gasteiger partial charge is 0.248 e. The van der Waals surface area contributed by atoms with Crippen LogP contribution in [0.25, 0.3) is 17.0 Å². The van der Waals surface area contributed by atoms with Crippen LogP contribution in [0.2, 0.25) is 5.02 Å². The van der Waals surface area contributed by atoms with Gasteiger partial charge in [-0.3, -0.25) is 14.6 Å². The molecule has 3 aromatic carbocycles. The van der Waals surface area contributed by atoms with Gasteiger partial charge in [0.15, 0.2) is 11.4 Å². The van der Waals surface area contributed by atoms with Crippen molar-refractivity contribution < 1.29 is 14.1 Å². The van der Waals surface area contributed by atoms with Gasteiger partial charge in [0.1, 0.15) is 12.4 Å². The lowest BCUT2D eigenvalue weighted by Gasteiger charge is -2.17. The monoisotopic (exact) mass is 529 g/mol. The van der Waals surface area contributed by atoms with Crippen LogP contribution < -0.4 is 21.5 Å². The lowest BCUT2D eigenvalue weighted by atomic mass is 10.0. The Hall–Kier alpha value is -4.80. The van der Waals surface area contributed by atoms with Crippen LogP contribution >= 0.6 is 11.6 Å². The second kappa shape index (κ2) is 12.4. The van der Waals surface area contributed by atoms with Crippen molar-refractivity contribution in [1.29, 1.82) is 0 Å². The summed E-state index contributed by atoms with van der Waals surface area (Å²) < 4.78 is 5.27. The zero-order valence-corrected chi connectivity index (χ0v) is 20.9. The van der Waals surface area contributed by atoms with Crippen molar-refractivity contribution in [3.63, 3.8) is 0 Å². The molecule has 0 radical (unpaired) electrons. The van der Waals surface area contributed by atoms with Gasteiger partial charge in [0.05, 0.1) is 11.1 Å². The van der Waals surface area contributed by atoms with Crippen LogP contribution in [-0.4, -0.2) is 36.1 Å². The maximum absolute atomic E-state index is 13.3. The maximum Gasteiger partial charge on any atom is 0.248 e. The molecule has 2 amide bonds. The quantitative estimate of drug-likeness (QED) is 0.0925. The van der Waals surface area contributed by atoms with Crippen molar-refractivity contribution in [3.8, 4) is 0 Å². The molecule has 4 rings (SSSR count). The molecule has 0 spiro atoms. The first-order chi connectivity index (χ1) is 18.4. The topological polar surface area (TPSA) is 138 Å². The summed E-state index contributed by atoms with van der Waals surface area (Å²) in [6.07, 6.45) is 4.35. The number of nitrogens with zero attached hydrogens (tertiary/aromatic N) is 4. The third-order valence-electron chi connectivity index (χ3n) is 5.47. The van der Waals surface area contributed by atoms with Crippen LogP contribution in [0, 0.1) is 0 Å². The molecule has 0 fully saturated rings. The van der Waals surface area contributed by atoms with Crippen molar-refractivity contribution in [3.05, 3.63) is 95.0 Å². The van der Waals surface area contributed by atoms with Gasteiger partial charge in [0, 0.05) is 29.8 Å². The zero-order valence-electron chi connectivity index (χ0n) is 20.1. The van der Waals surface area contributed by atoms with Gasteiger partial charge < -0.3 is 15.2 Å². The molecule has 1 heterocycles. The number of nitrogens with one attached hydrogen (secondary N) is 2. The molecule has 0 aliphatic carbocycles. The van der Waals surface area contributed by atoms with Crippen molar-refractivity contribution in [2.24, 2.45) is 16.0 Å². The minimum atomic E-state index is -0.902. The second-order valence-corrected chi connectivity index (χ2v) is 8.52. The van der Waals surface area contributed by atoms with Crippen LogP contribution in [0.4, 0.5) is 11.5 Å². The molecule has 0 bridgehead atoms. The van der Waals surface area contributed by atoms with Crippen molar-refractivity contribution >= 4 is 65.0 Å². The number of hydrogen-bond acceptors (Lipinski definition) is 7. The molecule has 10 nitrogen and oxygen atoms in total. The minimum absolute atomic E-state index is 0.256. The van der Waals surface area contributed by atoms with Crippen molar-refractivity contribution in [1.82, 2.24) is 10.5 Å². The van der Waals surface area contributed by atoms with E-state index in [1.54, 1.807) is 30.3 Å². The molecule has 0 aliphatic heterocycles. The fourth-order valence-electron chi connectivity index (χ4n) is 3.67. The normalized spacial score (nSPS) is 12.1. The number of amides is 2. The van der Waals surface area contributed by atoms with Crippen molar-refractivity contribution in [2.45, 2.75) is 12.5 Å². The highest BCUT2D eigenvalue weighted by atomic mass is 35.5. The zero-order chi connectivity index (χ0) is 26.9. The number of hydrogen-bond donors (Lipinski definition) is 3. The fraction of sp³-hybridized carbons (Fsp3) is 0.0741. The predicted octanol–water partition coefficient (Wildman–Crippen LogP) is 4.18. The number of hydrazine groups is 1. The van der Waals surface area contributed by atoms with E-state index in [0.717, 1.165) is 5.56 Å². The number of fused-ring (bicyclic) bond motifs is 1. The summed E-state index contributed by atoms with van der Waals surface area (Å²) in [5.41, 5.74) is 2.47. The van der Waals surface area contributed by atoms with Crippen molar-refractivity contribution in [2.75, 3.05) is 10.3 Å². The molecule has 4 N–H and O–H groups in total. The van der Waals surface area contributed by atoms with Gasteiger partial charge in [0.2, 0.25) is 11.8 Å². The van der Waals surface area contributed by atoms with E-state index in [4.69, 9.17) is 22.0 Å². The number of para-hydroxylation sites is 1. The maximum atomic E-state index is 13.3. The number of carbonyl (C=O) groups is 2. The largest absolute Gasteiger partial charge is 0.354 e. The summed E-state index contributed by atoms with van der Waals surface area (Å²) in [5, 5.41) is 18.8. The first kappa shape index (κ1) is 26.3. The Morgan fingerprint density at radius 3 is 2.68 bits per heavy atom. The number of nitrogens with two attached hydrogens (primary N) is 1. The van der Waals surface area contributed by atoms with Crippen LogP contribution in [0.5, 0.6) is 0 Å². The molecule has 0 aliphatic rings. The Kier molecular flexibility index (Phi) is 8.60.